The van der Waals surface area contributed by atoms with Crippen molar-refractivity contribution in [3.8, 4) is 0 Å². The third kappa shape index (κ3) is 5.71. The van der Waals surface area contributed by atoms with E-state index >= 15 is 0 Å². The molecule has 0 saturated carbocycles. The molecular weight excluding hydrogens is 432 g/mol. The summed E-state index contributed by atoms with van der Waals surface area (Å²) in [4.78, 5) is 16.8. The van der Waals surface area contributed by atoms with Gasteiger partial charge in [-0.15, -0.1) is 0 Å². The minimum absolute atomic E-state index is 0.0640. The molecular formula is C31H34N2O2. The molecule has 4 aromatic rings. The smallest absolute Gasteiger partial charge is 0.306 e. The summed E-state index contributed by atoms with van der Waals surface area (Å²) in [6.45, 7) is 6.53. The number of hydrogen-bond acceptors (Lipinski definition) is 3. The van der Waals surface area contributed by atoms with E-state index in [1.807, 2.05) is 45.3 Å². The summed E-state index contributed by atoms with van der Waals surface area (Å²) < 4.78 is 7.66. The number of hydrogen-bond donors (Lipinski definition) is 0. The van der Waals surface area contributed by atoms with Gasteiger partial charge in [0.15, 0.2) is 0 Å². The van der Waals surface area contributed by atoms with Crippen LogP contribution in [-0.4, -0.2) is 22.1 Å². The standard InChI is InChI=1S/C31H34N2O2/c1-30(2,3)22-29(34)35-21-13-20-28-23-33(24-32-28)31(25-14-7-4-8-15-25,26-16-9-5-10-17-26)27-18-11-6-12-19-27/h4-12,14-19,23-24H,13,20-22H2,1-3H3. The van der Waals surface area contributed by atoms with Gasteiger partial charge >= 0.3 is 5.97 Å². The fourth-order valence-electron chi connectivity index (χ4n) is 4.58. The SMILES string of the molecule is CC(C)(C)CC(=O)OCCCc1cn(C(c2ccccc2)(c2ccccc2)c2ccccc2)cn1. The van der Waals surface area contributed by atoms with Gasteiger partial charge in [-0.05, 0) is 34.9 Å². The highest BCUT2D eigenvalue weighted by Gasteiger charge is 2.38. The first kappa shape index (κ1) is 24.5. The predicted molar refractivity (Wildman–Crippen MR) is 140 cm³/mol. The van der Waals surface area contributed by atoms with Crippen molar-refractivity contribution in [1.29, 1.82) is 0 Å². The van der Waals surface area contributed by atoms with E-state index in [-0.39, 0.29) is 11.4 Å². The summed E-state index contributed by atoms with van der Waals surface area (Å²) >= 11 is 0. The zero-order valence-electron chi connectivity index (χ0n) is 20.9. The average molecular weight is 467 g/mol. The highest BCUT2D eigenvalue weighted by Crippen LogP contribution is 2.40. The van der Waals surface area contributed by atoms with Gasteiger partial charge in [-0.3, -0.25) is 4.79 Å². The van der Waals surface area contributed by atoms with Gasteiger partial charge in [-0.1, -0.05) is 112 Å². The summed E-state index contributed by atoms with van der Waals surface area (Å²) in [7, 11) is 0. The second-order valence-electron chi connectivity index (χ2n) is 10.1. The second-order valence-corrected chi connectivity index (χ2v) is 10.1. The normalized spacial score (nSPS) is 11.9. The number of nitrogens with zero attached hydrogens (tertiary/aromatic N) is 2. The number of carbonyl (C=O) groups is 1. The van der Waals surface area contributed by atoms with Crippen molar-refractivity contribution in [2.45, 2.75) is 45.6 Å². The van der Waals surface area contributed by atoms with Gasteiger partial charge in [0.05, 0.1) is 25.0 Å². The molecule has 0 atom stereocenters. The molecule has 1 aromatic heterocycles. The number of aryl methyl sites for hydroxylation is 1. The largest absolute Gasteiger partial charge is 0.466 e. The van der Waals surface area contributed by atoms with E-state index in [1.165, 1.54) is 0 Å². The van der Waals surface area contributed by atoms with Gasteiger partial charge in [-0.2, -0.15) is 0 Å². The number of ether oxygens (including phenoxy) is 1. The summed E-state index contributed by atoms with van der Waals surface area (Å²) in [5, 5.41) is 0. The Morgan fingerprint density at radius 2 is 1.29 bits per heavy atom. The molecule has 0 spiro atoms. The fraction of sp³-hybridized carbons (Fsp3) is 0.290. The molecule has 0 N–H and O–H groups in total. The van der Waals surface area contributed by atoms with Gasteiger partial charge in [0.1, 0.15) is 5.54 Å². The molecule has 0 unspecified atom stereocenters. The van der Waals surface area contributed by atoms with Gasteiger partial charge in [0.25, 0.3) is 0 Å². The molecule has 0 fully saturated rings. The molecule has 0 radical (unpaired) electrons. The van der Waals surface area contributed by atoms with Crippen LogP contribution in [0.1, 0.15) is 56.0 Å². The lowest BCUT2D eigenvalue weighted by Crippen LogP contribution is -2.36. The van der Waals surface area contributed by atoms with Crippen LogP contribution in [0.5, 0.6) is 0 Å². The van der Waals surface area contributed by atoms with Crippen molar-refractivity contribution in [3.63, 3.8) is 0 Å². The fourth-order valence-corrected chi connectivity index (χ4v) is 4.58. The second kappa shape index (κ2) is 10.7. The van der Waals surface area contributed by atoms with Crippen LogP contribution in [0, 0.1) is 5.41 Å². The van der Waals surface area contributed by atoms with Crippen LogP contribution in [0.15, 0.2) is 104 Å². The van der Waals surface area contributed by atoms with Crippen molar-refractivity contribution in [1.82, 2.24) is 9.55 Å². The third-order valence-corrected chi connectivity index (χ3v) is 6.11. The van der Waals surface area contributed by atoms with Crippen LogP contribution in [0.25, 0.3) is 0 Å². The van der Waals surface area contributed by atoms with E-state index < -0.39 is 5.54 Å². The summed E-state index contributed by atoms with van der Waals surface area (Å²) in [5.74, 6) is -0.140. The molecule has 0 aliphatic rings. The number of rotatable bonds is 9. The van der Waals surface area contributed by atoms with Crippen LogP contribution in [0.3, 0.4) is 0 Å². The topological polar surface area (TPSA) is 44.1 Å². The molecule has 0 saturated heterocycles. The van der Waals surface area contributed by atoms with Crippen molar-refractivity contribution >= 4 is 5.97 Å². The Bertz CT molecular complexity index is 1110. The minimum atomic E-state index is -0.561. The molecule has 0 amide bonds. The Hall–Kier alpha value is -3.66. The number of aromatic nitrogens is 2. The molecule has 3 aromatic carbocycles. The zero-order chi connectivity index (χ0) is 24.7. The summed E-state index contributed by atoms with van der Waals surface area (Å²) in [6.07, 6.45) is 5.96. The summed E-state index contributed by atoms with van der Waals surface area (Å²) in [5.41, 5.74) is 3.84. The Balaban J connectivity index is 1.64. The van der Waals surface area contributed by atoms with Gasteiger partial charge < -0.3 is 9.30 Å². The van der Waals surface area contributed by atoms with Gasteiger partial charge in [0.2, 0.25) is 0 Å². The Kier molecular flexibility index (Phi) is 7.50. The van der Waals surface area contributed by atoms with Crippen molar-refractivity contribution < 1.29 is 9.53 Å². The first-order chi connectivity index (χ1) is 16.9. The highest BCUT2D eigenvalue weighted by atomic mass is 16.5. The Labute approximate surface area is 208 Å². The maximum atomic E-state index is 12.0. The van der Waals surface area contributed by atoms with E-state index in [1.54, 1.807) is 0 Å². The first-order valence-electron chi connectivity index (χ1n) is 12.3. The lowest BCUT2D eigenvalue weighted by atomic mass is 9.77. The average Bonchev–Trinajstić information content (AvgIpc) is 3.32. The lowest BCUT2D eigenvalue weighted by molar-refractivity contribution is -0.145. The van der Waals surface area contributed by atoms with Crippen molar-refractivity contribution in [3.05, 3.63) is 126 Å². The van der Waals surface area contributed by atoms with Gasteiger partial charge in [-0.25, -0.2) is 4.98 Å². The van der Waals surface area contributed by atoms with E-state index in [2.05, 4.69) is 83.6 Å². The predicted octanol–water partition coefficient (Wildman–Crippen LogP) is 6.64. The number of imidazole rings is 1. The van der Waals surface area contributed by atoms with E-state index in [0.717, 1.165) is 35.2 Å². The van der Waals surface area contributed by atoms with Crippen molar-refractivity contribution in [2.24, 2.45) is 5.41 Å². The first-order valence-corrected chi connectivity index (χ1v) is 12.3. The Morgan fingerprint density at radius 3 is 1.74 bits per heavy atom. The van der Waals surface area contributed by atoms with E-state index in [9.17, 15) is 4.79 Å². The maximum absolute atomic E-state index is 12.0. The summed E-state index contributed by atoms with van der Waals surface area (Å²) in [6, 6.07) is 31.7. The quantitative estimate of drug-likeness (QED) is 0.158. The molecule has 0 aliphatic heterocycles. The molecule has 4 rings (SSSR count). The number of carbonyl (C=O) groups excluding carboxylic acids is 1. The molecule has 4 heteroatoms. The molecule has 0 aliphatic carbocycles. The van der Waals surface area contributed by atoms with E-state index in [0.29, 0.717) is 13.0 Å². The van der Waals surface area contributed by atoms with Crippen LogP contribution < -0.4 is 0 Å². The minimum Gasteiger partial charge on any atom is -0.466 e. The number of benzene rings is 3. The molecule has 1 heterocycles. The lowest BCUT2D eigenvalue weighted by Gasteiger charge is -2.37. The van der Waals surface area contributed by atoms with Crippen LogP contribution in [0.4, 0.5) is 0 Å². The van der Waals surface area contributed by atoms with E-state index in [4.69, 9.17) is 9.72 Å². The molecule has 4 nitrogen and oxygen atoms in total. The molecule has 0 bridgehead atoms. The highest BCUT2D eigenvalue weighted by molar-refractivity contribution is 5.70. The monoisotopic (exact) mass is 466 g/mol. The molecule has 180 valence electrons. The zero-order valence-corrected chi connectivity index (χ0v) is 20.9. The van der Waals surface area contributed by atoms with Crippen LogP contribution in [-0.2, 0) is 21.5 Å². The maximum Gasteiger partial charge on any atom is 0.306 e. The number of esters is 1. The van der Waals surface area contributed by atoms with Crippen LogP contribution in [0.2, 0.25) is 0 Å². The van der Waals surface area contributed by atoms with Crippen molar-refractivity contribution in [2.75, 3.05) is 6.61 Å². The van der Waals surface area contributed by atoms with Crippen LogP contribution >= 0.6 is 0 Å². The third-order valence-electron chi connectivity index (χ3n) is 6.11. The Morgan fingerprint density at radius 1 is 0.800 bits per heavy atom. The van der Waals surface area contributed by atoms with Gasteiger partial charge in [0, 0.05) is 6.20 Å². The molecule has 35 heavy (non-hydrogen) atoms.